The third-order valence-electron chi connectivity index (χ3n) is 4.08. The van der Waals surface area contributed by atoms with Crippen molar-refractivity contribution in [1.82, 2.24) is 24.5 Å². The first-order chi connectivity index (χ1) is 11.4. The van der Waals surface area contributed by atoms with Crippen LogP contribution in [-0.2, 0) is 9.53 Å². The Morgan fingerprint density at radius 3 is 2.67 bits per heavy atom. The normalized spacial score (nSPS) is 12.3. The lowest BCUT2D eigenvalue weighted by atomic mass is 10.1. The third kappa shape index (κ3) is 2.45. The molecule has 0 aliphatic carbocycles. The molecule has 24 heavy (non-hydrogen) atoms. The van der Waals surface area contributed by atoms with Crippen molar-refractivity contribution in [1.29, 1.82) is 0 Å². The Bertz CT molecular complexity index is 989. The lowest BCUT2D eigenvalue weighted by Gasteiger charge is -2.11. The molecule has 3 aromatic rings. The van der Waals surface area contributed by atoms with Crippen molar-refractivity contribution in [3.8, 4) is 5.69 Å². The summed E-state index contributed by atoms with van der Waals surface area (Å²) in [5.41, 5.74) is 3.04. The van der Waals surface area contributed by atoms with Crippen molar-refractivity contribution in [2.24, 2.45) is 0 Å². The number of ether oxygens (including phenoxy) is 1. The van der Waals surface area contributed by atoms with Crippen LogP contribution in [0.15, 0.2) is 29.3 Å². The van der Waals surface area contributed by atoms with Crippen LogP contribution >= 0.6 is 0 Å². The Morgan fingerprint density at radius 2 is 2.00 bits per heavy atom. The second kappa shape index (κ2) is 5.88. The van der Waals surface area contributed by atoms with Gasteiger partial charge in [0.15, 0.2) is 11.2 Å². The highest BCUT2D eigenvalue weighted by molar-refractivity contribution is 5.75. The SMILES string of the molecule is COC(=O)C(C)n1cnc2c(nnn2-c2ccc(C)c(C)c2)c1=O. The van der Waals surface area contributed by atoms with E-state index in [1.165, 1.54) is 22.7 Å². The zero-order chi connectivity index (χ0) is 17.4. The third-order valence-corrected chi connectivity index (χ3v) is 4.08. The summed E-state index contributed by atoms with van der Waals surface area (Å²) in [4.78, 5) is 28.5. The molecule has 0 aliphatic heterocycles. The van der Waals surface area contributed by atoms with Crippen LogP contribution in [0.5, 0.6) is 0 Å². The number of hydrogen-bond acceptors (Lipinski definition) is 6. The van der Waals surface area contributed by atoms with Crippen LogP contribution in [0.4, 0.5) is 0 Å². The largest absolute Gasteiger partial charge is 0.467 e. The number of nitrogens with zero attached hydrogens (tertiary/aromatic N) is 5. The van der Waals surface area contributed by atoms with Crippen molar-refractivity contribution >= 4 is 17.1 Å². The number of benzene rings is 1. The van der Waals surface area contributed by atoms with Crippen LogP contribution in [-0.4, -0.2) is 37.6 Å². The fourth-order valence-corrected chi connectivity index (χ4v) is 2.41. The van der Waals surface area contributed by atoms with Gasteiger partial charge in [-0.1, -0.05) is 11.3 Å². The summed E-state index contributed by atoms with van der Waals surface area (Å²) in [7, 11) is 1.27. The standard InChI is InChI=1S/C16H17N5O3/c1-9-5-6-12(7-10(9)2)21-14-13(18-19-21)15(22)20(8-17-14)11(3)16(23)24-4/h5-8,11H,1-4H3. The summed E-state index contributed by atoms with van der Waals surface area (Å²) in [5.74, 6) is -0.528. The summed E-state index contributed by atoms with van der Waals surface area (Å²) in [6.07, 6.45) is 1.31. The van der Waals surface area contributed by atoms with E-state index in [0.717, 1.165) is 16.8 Å². The van der Waals surface area contributed by atoms with Gasteiger partial charge < -0.3 is 4.74 Å². The molecule has 0 radical (unpaired) electrons. The van der Waals surface area contributed by atoms with Crippen LogP contribution < -0.4 is 5.56 Å². The van der Waals surface area contributed by atoms with Gasteiger partial charge in [-0.2, -0.15) is 4.68 Å². The van der Waals surface area contributed by atoms with Crippen LogP contribution in [0.25, 0.3) is 16.9 Å². The van der Waals surface area contributed by atoms with Crippen molar-refractivity contribution in [3.05, 3.63) is 46.0 Å². The maximum atomic E-state index is 12.6. The maximum absolute atomic E-state index is 12.6. The van der Waals surface area contributed by atoms with E-state index in [2.05, 4.69) is 20.0 Å². The molecule has 0 amide bonds. The van der Waals surface area contributed by atoms with Gasteiger partial charge >= 0.3 is 5.97 Å². The Balaban J connectivity index is 2.15. The summed E-state index contributed by atoms with van der Waals surface area (Å²) in [5, 5.41) is 7.98. The first kappa shape index (κ1) is 15.9. The van der Waals surface area contributed by atoms with E-state index in [9.17, 15) is 9.59 Å². The molecule has 3 rings (SSSR count). The minimum absolute atomic E-state index is 0.103. The van der Waals surface area contributed by atoms with E-state index in [4.69, 9.17) is 0 Å². The molecule has 0 N–H and O–H groups in total. The van der Waals surface area contributed by atoms with Crippen molar-refractivity contribution in [2.45, 2.75) is 26.8 Å². The van der Waals surface area contributed by atoms with E-state index in [0.29, 0.717) is 5.65 Å². The first-order valence-corrected chi connectivity index (χ1v) is 7.42. The zero-order valence-corrected chi connectivity index (χ0v) is 13.8. The number of hydrogen-bond donors (Lipinski definition) is 0. The molecule has 1 unspecified atom stereocenters. The molecule has 1 atom stereocenters. The van der Waals surface area contributed by atoms with Crippen LogP contribution in [0, 0.1) is 13.8 Å². The molecular formula is C16H17N5O3. The number of aromatic nitrogens is 5. The quantitative estimate of drug-likeness (QED) is 0.674. The molecular weight excluding hydrogens is 310 g/mol. The molecule has 124 valence electrons. The molecule has 8 heteroatoms. The van der Waals surface area contributed by atoms with E-state index in [1.54, 1.807) is 6.92 Å². The second-order valence-electron chi connectivity index (χ2n) is 5.60. The Morgan fingerprint density at radius 1 is 1.25 bits per heavy atom. The molecule has 0 aliphatic rings. The maximum Gasteiger partial charge on any atom is 0.328 e. The predicted molar refractivity (Wildman–Crippen MR) is 87.1 cm³/mol. The van der Waals surface area contributed by atoms with Gasteiger partial charge in [-0.05, 0) is 44.0 Å². The molecule has 0 saturated carbocycles. The highest BCUT2D eigenvalue weighted by Crippen LogP contribution is 2.16. The van der Waals surface area contributed by atoms with Crippen LogP contribution in [0.3, 0.4) is 0 Å². The Labute approximate surface area is 137 Å². The lowest BCUT2D eigenvalue weighted by Crippen LogP contribution is -2.29. The molecule has 0 saturated heterocycles. The zero-order valence-electron chi connectivity index (χ0n) is 13.8. The average molecular weight is 327 g/mol. The molecule has 0 spiro atoms. The van der Waals surface area contributed by atoms with Gasteiger partial charge in [0.2, 0.25) is 0 Å². The number of methoxy groups -OCH3 is 1. The molecule has 8 nitrogen and oxygen atoms in total. The lowest BCUT2D eigenvalue weighted by molar-refractivity contribution is -0.144. The number of rotatable bonds is 3. The number of aryl methyl sites for hydroxylation is 2. The van der Waals surface area contributed by atoms with Crippen LogP contribution in [0.2, 0.25) is 0 Å². The highest BCUT2D eigenvalue weighted by atomic mass is 16.5. The second-order valence-corrected chi connectivity index (χ2v) is 5.60. The number of esters is 1. The van der Waals surface area contributed by atoms with Gasteiger partial charge in [-0.25, -0.2) is 9.78 Å². The molecule has 0 bridgehead atoms. The summed E-state index contributed by atoms with van der Waals surface area (Å²) >= 11 is 0. The Hall–Kier alpha value is -3.03. The molecule has 2 heterocycles. The molecule has 1 aromatic carbocycles. The molecule has 0 fully saturated rings. The fraction of sp³-hybridized carbons (Fsp3) is 0.312. The number of carbonyl (C=O) groups is 1. The van der Waals surface area contributed by atoms with Gasteiger partial charge in [0.1, 0.15) is 12.4 Å². The van der Waals surface area contributed by atoms with Crippen LogP contribution in [0.1, 0.15) is 24.1 Å². The van der Waals surface area contributed by atoms with Crippen molar-refractivity contribution in [3.63, 3.8) is 0 Å². The van der Waals surface area contributed by atoms with Gasteiger partial charge in [0, 0.05) is 0 Å². The number of carbonyl (C=O) groups excluding carboxylic acids is 1. The van der Waals surface area contributed by atoms with E-state index in [-0.39, 0.29) is 5.52 Å². The monoisotopic (exact) mass is 327 g/mol. The van der Waals surface area contributed by atoms with Crippen molar-refractivity contribution in [2.75, 3.05) is 7.11 Å². The molecule has 2 aromatic heterocycles. The Kier molecular flexibility index (Phi) is 3.88. The number of fused-ring (bicyclic) bond motifs is 1. The summed E-state index contributed by atoms with van der Waals surface area (Å²) in [6, 6.07) is 5.03. The topological polar surface area (TPSA) is 91.9 Å². The first-order valence-electron chi connectivity index (χ1n) is 7.42. The van der Waals surface area contributed by atoms with Gasteiger partial charge in [-0.3, -0.25) is 9.36 Å². The van der Waals surface area contributed by atoms with E-state index in [1.807, 2.05) is 32.0 Å². The average Bonchev–Trinajstić information content (AvgIpc) is 3.01. The van der Waals surface area contributed by atoms with Gasteiger partial charge in [0.05, 0.1) is 12.8 Å². The minimum Gasteiger partial charge on any atom is -0.467 e. The summed E-state index contributed by atoms with van der Waals surface area (Å²) < 4.78 is 7.36. The predicted octanol–water partition coefficient (Wildman–Crippen LogP) is 1.33. The van der Waals surface area contributed by atoms with Crippen molar-refractivity contribution < 1.29 is 9.53 Å². The van der Waals surface area contributed by atoms with Gasteiger partial charge in [-0.15, -0.1) is 5.10 Å². The minimum atomic E-state index is -0.786. The summed E-state index contributed by atoms with van der Waals surface area (Å²) in [6.45, 7) is 5.58. The van der Waals surface area contributed by atoms with E-state index >= 15 is 0 Å². The fourth-order valence-electron chi connectivity index (χ4n) is 2.41. The highest BCUT2D eigenvalue weighted by Gasteiger charge is 2.20. The van der Waals surface area contributed by atoms with E-state index < -0.39 is 17.6 Å². The van der Waals surface area contributed by atoms with Gasteiger partial charge in [0.25, 0.3) is 5.56 Å². The smallest absolute Gasteiger partial charge is 0.328 e.